The van der Waals surface area contributed by atoms with Crippen molar-refractivity contribution in [3.63, 3.8) is 0 Å². The maximum absolute atomic E-state index is 5.77. The molecular formula is C21H29NS. The standard InChI is InChI=1S/C21H29NS/c1-16-14-20(18-7-3-2-4-8-18)23-21(15-16)19-9-5-6-17(10-11-19)12-13-22/h2-4,7-8,14-17,19H,5-6,9-13,22H2,1H3. The molecule has 1 heterocycles. The molecule has 1 nitrogen and oxygen atoms in total. The Kier molecular flexibility index (Phi) is 6.02. The smallest absolute Gasteiger partial charge is 0.0157 e. The van der Waals surface area contributed by atoms with Gasteiger partial charge in [-0.25, -0.2) is 0 Å². The first-order chi connectivity index (χ1) is 11.3. The van der Waals surface area contributed by atoms with Crippen molar-refractivity contribution in [1.29, 1.82) is 0 Å². The summed E-state index contributed by atoms with van der Waals surface area (Å²) in [6.45, 7) is 3.17. The van der Waals surface area contributed by atoms with Gasteiger partial charge < -0.3 is 5.73 Å². The Morgan fingerprint density at radius 1 is 1.04 bits per heavy atom. The Morgan fingerprint density at radius 2 is 1.87 bits per heavy atom. The minimum absolute atomic E-state index is 0.546. The highest BCUT2D eigenvalue weighted by molar-refractivity contribution is 8.11. The fourth-order valence-corrected chi connectivity index (χ4v) is 5.38. The van der Waals surface area contributed by atoms with Crippen molar-refractivity contribution in [1.82, 2.24) is 0 Å². The predicted molar refractivity (Wildman–Crippen MR) is 103 cm³/mol. The van der Waals surface area contributed by atoms with E-state index in [1.807, 2.05) is 11.8 Å². The molecule has 1 saturated carbocycles. The van der Waals surface area contributed by atoms with Crippen LogP contribution < -0.4 is 5.73 Å². The zero-order valence-electron chi connectivity index (χ0n) is 14.2. The van der Waals surface area contributed by atoms with Crippen LogP contribution in [0, 0.1) is 17.8 Å². The third kappa shape index (κ3) is 4.51. The highest BCUT2D eigenvalue weighted by Crippen LogP contribution is 2.46. The normalized spacial score (nSPS) is 28.7. The molecule has 3 atom stereocenters. The van der Waals surface area contributed by atoms with Gasteiger partial charge in [-0.2, -0.15) is 0 Å². The number of nitrogens with two attached hydrogens (primary N) is 1. The van der Waals surface area contributed by atoms with Crippen LogP contribution in [0.2, 0.25) is 0 Å². The fraction of sp³-hybridized carbons (Fsp3) is 0.524. The molecule has 0 spiro atoms. The van der Waals surface area contributed by atoms with Gasteiger partial charge in [-0.05, 0) is 60.5 Å². The summed E-state index contributed by atoms with van der Waals surface area (Å²) >= 11 is 2.02. The van der Waals surface area contributed by atoms with Crippen molar-refractivity contribution in [2.75, 3.05) is 6.54 Å². The lowest BCUT2D eigenvalue weighted by atomic mass is 9.94. The van der Waals surface area contributed by atoms with E-state index in [1.54, 1.807) is 4.91 Å². The summed E-state index contributed by atoms with van der Waals surface area (Å²) in [4.78, 5) is 3.06. The Balaban J connectivity index is 1.68. The lowest BCUT2D eigenvalue weighted by Crippen LogP contribution is -2.09. The molecule has 1 aliphatic carbocycles. The summed E-state index contributed by atoms with van der Waals surface area (Å²) in [6, 6.07) is 10.9. The topological polar surface area (TPSA) is 26.0 Å². The first-order valence-corrected chi connectivity index (χ1v) is 9.94. The molecule has 1 aromatic carbocycles. The molecule has 0 radical (unpaired) electrons. The quantitative estimate of drug-likeness (QED) is 0.703. The van der Waals surface area contributed by atoms with E-state index >= 15 is 0 Å². The number of hydrogen-bond donors (Lipinski definition) is 1. The van der Waals surface area contributed by atoms with E-state index in [4.69, 9.17) is 5.73 Å². The van der Waals surface area contributed by atoms with Gasteiger partial charge in [0.15, 0.2) is 0 Å². The van der Waals surface area contributed by atoms with Crippen LogP contribution >= 0.6 is 11.8 Å². The van der Waals surface area contributed by atoms with Gasteiger partial charge in [0, 0.05) is 4.91 Å². The van der Waals surface area contributed by atoms with Gasteiger partial charge in [-0.3, -0.25) is 0 Å². The summed E-state index contributed by atoms with van der Waals surface area (Å²) in [5.74, 6) is 2.17. The molecule has 1 aromatic rings. The van der Waals surface area contributed by atoms with Crippen LogP contribution in [-0.2, 0) is 0 Å². The Bertz CT molecular complexity index is 560. The molecule has 23 heavy (non-hydrogen) atoms. The van der Waals surface area contributed by atoms with Gasteiger partial charge in [0.25, 0.3) is 0 Å². The number of hydrogen-bond acceptors (Lipinski definition) is 2. The second-order valence-electron chi connectivity index (χ2n) is 7.08. The molecule has 0 aromatic heterocycles. The SMILES string of the molecule is CC1C=C(c2ccccc2)SC(C2CCCC(CCN)CC2)=C1. The molecule has 124 valence electrons. The summed E-state index contributed by atoms with van der Waals surface area (Å²) in [5, 5.41) is 0. The Morgan fingerprint density at radius 3 is 2.65 bits per heavy atom. The van der Waals surface area contributed by atoms with E-state index in [1.165, 1.54) is 49.0 Å². The summed E-state index contributed by atoms with van der Waals surface area (Å²) in [6.07, 6.45) is 12.9. The maximum atomic E-state index is 5.77. The third-order valence-corrected chi connectivity index (χ3v) is 6.49. The van der Waals surface area contributed by atoms with Crippen LogP contribution in [-0.4, -0.2) is 6.54 Å². The average Bonchev–Trinajstić information content (AvgIpc) is 2.81. The average molecular weight is 328 g/mol. The molecular weight excluding hydrogens is 298 g/mol. The molecule has 1 fully saturated rings. The minimum Gasteiger partial charge on any atom is -0.330 e. The van der Waals surface area contributed by atoms with Crippen LogP contribution in [0.5, 0.6) is 0 Å². The van der Waals surface area contributed by atoms with Crippen molar-refractivity contribution >= 4 is 16.7 Å². The first kappa shape index (κ1) is 16.9. The van der Waals surface area contributed by atoms with E-state index < -0.39 is 0 Å². The van der Waals surface area contributed by atoms with Gasteiger partial charge in [-0.15, -0.1) is 0 Å². The summed E-state index contributed by atoms with van der Waals surface area (Å²) in [5.41, 5.74) is 7.13. The summed E-state index contributed by atoms with van der Waals surface area (Å²) < 4.78 is 0. The number of allylic oxidation sites excluding steroid dienone is 3. The van der Waals surface area contributed by atoms with Crippen LogP contribution in [0.15, 0.2) is 47.4 Å². The number of thioether (sulfide) groups is 1. The highest BCUT2D eigenvalue weighted by Gasteiger charge is 2.24. The van der Waals surface area contributed by atoms with Crippen LogP contribution in [0.25, 0.3) is 4.91 Å². The Labute approximate surface area is 145 Å². The van der Waals surface area contributed by atoms with Gasteiger partial charge in [0.1, 0.15) is 0 Å². The van der Waals surface area contributed by atoms with Crippen LogP contribution in [0.4, 0.5) is 0 Å². The van der Waals surface area contributed by atoms with E-state index in [0.29, 0.717) is 5.92 Å². The minimum atomic E-state index is 0.546. The third-order valence-electron chi connectivity index (χ3n) is 5.19. The van der Waals surface area contributed by atoms with E-state index in [2.05, 4.69) is 49.4 Å². The lowest BCUT2D eigenvalue weighted by molar-refractivity contribution is 0.428. The molecule has 2 heteroatoms. The number of benzene rings is 1. The predicted octanol–water partition coefficient (Wildman–Crippen LogP) is 5.84. The maximum Gasteiger partial charge on any atom is 0.0157 e. The Hall–Kier alpha value is -0.990. The summed E-state index contributed by atoms with van der Waals surface area (Å²) in [7, 11) is 0. The van der Waals surface area contributed by atoms with Gasteiger partial charge in [0.05, 0.1) is 0 Å². The lowest BCUT2D eigenvalue weighted by Gasteiger charge is -2.25. The van der Waals surface area contributed by atoms with Gasteiger partial charge in [-0.1, -0.05) is 74.0 Å². The fourth-order valence-electron chi connectivity index (χ4n) is 3.91. The van der Waals surface area contributed by atoms with Crippen molar-refractivity contribution in [3.8, 4) is 0 Å². The van der Waals surface area contributed by atoms with E-state index in [-0.39, 0.29) is 0 Å². The molecule has 3 rings (SSSR count). The zero-order valence-corrected chi connectivity index (χ0v) is 15.0. The largest absolute Gasteiger partial charge is 0.330 e. The van der Waals surface area contributed by atoms with Gasteiger partial charge in [0.2, 0.25) is 0 Å². The van der Waals surface area contributed by atoms with Crippen molar-refractivity contribution < 1.29 is 0 Å². The number of rotatable bonds is 4. The van der Waals surface area contributed by atoms with Crippen molar-refractivity contribution in [3.05, 3.63) is 53.0 Å². The molecule has 0 amide bonds. The molecule has 1 aliphatic heterocycles. The molecule has 3 unspecified atom stereocenters. The van der Waals surface area contributed by atoms with Crippen molar-refractivity contribution in [2.45, 2.75) is 45.4 Å². The second kappa shape index (κ2) is 8.21. The van der Waals surface area contributed by atoms with Crippen LogP contribution in [0.3, 0.4) is 0 Å². The molecule has 0 saturated heterocycles. The van der Waals surface area contributed by atoms with Gasteiger partial charge >= 0.3 is 0 Å². The van der Waals surface area contributed by atoms with Crippen LogP contribution in [0.1, 0.15) is 51.0 Å². The van der Waals surface area contributed by atoms with E-state index in [0.717, 1.165) is 18.4 Å². The monoisotopic (exact) mass is 327 g/mol. The molecule has 2 N–H and O–H groups in total. The van der Waals surface area contributed by atoms with E-state index in [9.17, 15) is 0 Å². The highest BCUT2D eigenvalue weighted by atomic mass is 32.2. The first-order valence-electron chi connectivity index (χ1n) is 9.13. The second-order valence-corrected chi connectivity index (χ2v) is 8.19. The van der Waals surface area contributed by atoms with Crippen molar-refractivity contribution in [2.24, 2.45) is 23.5 Å². The zero-order chi connectivity index (χ0) is 16.1. The molecule has 0 bridgehead atoms. The molecule has 2 aliphatic rings.